The second-order valence-electron chi connectivity index (χ2n) is 9.24. The van der Waals surface area contributed by atoms with E-state index in [0.29, 0.717) is 34.9 Å². The lowest BCUT2D eigenvalue weighted by atomic mass is 9.95. The standard InChI is InChI=1S/C31H31BrN4O7/c1-4-41-30(38)28-19(2)34-31(39)35-29(28)21-11-14-25(26(15-21)40-3)43-18-27(37)36-33-16-22-7-5-6-8-24(22)42-17-20-9-12-23(32)13-10-20/h5-16,29H,4,17-18H2,1-3H3,(H,36,37)(H2,34,35,39)/b33-16-/t29-/m1/s1. The Morgan fingerprint density at radius 2 is 1.79 bits per heavy atom. The number of urea groups is 1. The number of hydrogen-bond donors (Lipinski definition) is 3. The van der Waals surface area contributed by atoms with Crippen LogP contribution in [0, 0.1) is 0 Å². The number of nitrogens with zero attached hydrogens (tertiary/aromatic N) is 1. The topological polar surface area (TPSA) is 137 Å². The molecule has 3 aromatic carbocycles. The molecular formula is C31H31BrN4O7. The molecule has 0 saturated carbocycles. The molecule has 3 aromatic rings. The van der Waals surface area contributed by atoms with Crippen LogP contribution in [0.4, 0.5) is 4.79 Å². The van der Waals surface area contributed by atoms with Crippen molar-refractivity contribution in [1.82, 2.24) is 16.1 Å². The normalized spacial score (nSPS) is 14.5. The molecule has 12 heteroatoms. The molecule has 0 fully saturated rings. The number of amides is 3. The molecule has 11 nitrogen and oxygen atoms in total. The minimum Gasteiger partial charge on any atom is -0.493 e. The molecule has 0 aromatic heterocycles. The van der Waals surface area contributed by atoms with Crippen molar-refractivity contribution >= 4 is 40.1 Å². The van der Waals surface area contributed by atoms with Gasteiger partial charge in [-0.3, -0.25) is 4.79 Å². The summed E-state index contributed by atoms with van der Waals surface area (Å²) in [6, 6.07) is 18.8. The number of hydrazone groups is 1. The SMILES string of the molecule is CCOC(=O)C1=C(C)NC(=O)N[C@@H]1c1ccc(OCC(=O)N/N=C\c2ccccc2OCc2ccc(Br)cc2)c(OC)c1. The molecule has 0 spiro atoms. The maximum atomic E-state index is 12.6. The molecule has 0 saturated heterocycles. The second kappa shape index (κ2) is 14.9. The minimum atomic E-state index is -0.768. The van der Waals surface area contributed by atoms with Crippen molar-refractivity contribution in [1.29, 1.82) is 0 Å². The number of hydrogen-bond acceptors (Lipinski definition) is 8. The van der Waals surface area contributed by atoms with E-state index in [9.17, 15) is 14.4 Å². The van der Waals surface area contributed by atoms with Crippen molar-refractivity contribution < 1.29 is 33.3 Å². The highest BCUT2D eigenvalue weighted by Gasteiger charge is 2.32. The minimum absolute atomic E-state index is 0.186. The van der Waals surface area contributed by atoms with Crippen LogP contribution in [-0.2, 0) is 20.9 Å². The number of para-hydroxylation sites is 1. The van der Waals surface area contributed by atoms with E-state index in [1.165, 1.54) is 13.3 Å². The number of carbonyl (C=O) groups is 3. The van der Waals surface area contributed by atoms with Gasteiger partial charge in [-0.25, -0.2) is 15.0 Å². The van der Waals surface area contributed by atoms with Crippen molar-refractivity contribution in [2.45, 2.75) is 26.5 Å². The fourth-order valence-electron chi connectivity index (χ4n) is 4.22. The summed E-state index contributed by atoms with van der Waals surface area (Å²) < 4.78 is 23.2. The Labute approximate surface area is 257 Å². The molecule has 0 aliphatic carbocycles. The summed E-state index contributed by atoms with van der Waals surface area (Å²) >= 11 is 3.42. The Hall–Kier alpha value is -4.84. The van der Waals surface area contributed by atoms with Gasteiger partial charge >= 0.3 is 12.0 Å². The van der Waals surface area contributed by atoms with Crippen molar-refractivity contribution in [3.05, 3.63) is 99.2 Å². The van der Waals surface area contributed by atoms with Gasteiger partial charge in [0.2, 0.25) is 0 Å². The first-order chi connectivity index (χ1) is 20.8. The van der Waals surface area contributed by atoms with E-state index in [2.05, 4.69) is 37.1 Å². The van der Waals surface area contributed by atoms with Crippen molar-refractivity contribution in [3.63, 3.8) is 0 Å². The molecule has 224 valence electrons. The van der Waals surface area contributed by atoms with E-state index in [0.717, 1.165) is 10.0 Å². The fraction of sp³-hybridized carbons (Fsp3) is 0.226. The van der Waals surface area contributed by atoms with Gasteiger partial charge in [0.05, 0.1) is 31.5 Å². The van der Waals surface area contributed by atoms with Crippen molar-refractivity contribution in [3.8, 4) is 17.2 Å². The van der Waals surface area contributed by atoms with Crippen LogP contribution >= 0.6 is 15.9 Å². The molecule has 4 rings (SSSR count). The van der Waals surface area contributed by atoms with Crippen LogP contribution in [0.5, 0.6) is 17.2 Å². The highest BCUT2D eigenvalue weighted by molar-refractivity contribution is 9.10. The predicted octanol–water partition coefficient (Wildman–Crippen LogP) is 4.76. The average Bonchev–Trinajstić information content (AvgIpc) is 3.00. The predicted molar refractivity (Wildman–Crippen MR) is 163 cm³/mol. The summed E-state index contributed by atoms with van der Waals surface area (Å²) in [6.45, 7) is 3.55. The molecule has 1 aliphatic heterocycles. The first-order valence-corrected chi connectivity index (χ1v) is 14.1. The molecule has 43 heavy (non-hydrogen) atoms. The molecule has 3 N–H and O–H groups in total. The van der Waals surface area contributed by atoms with Gasteiger partial charge in [-0.15, -0.1) is 0 Å². The largest absolute Gasteiger partial charge is 0.493 e. The Kier molecular flexibility index (Phi) is 10.8. The highest BCUT2D eigenvalue weighted by atomic mass is 79.9. The lowest BCUT2D eigenvalue weighted by molar-refractivity contribution is -0.139. The van der Waals surface area contributed by atoms with E-state index >= 15 is 0 Å². The van der Waals surface area contributed by atoms with E-state index in [1.54, 1.807) is 32.0 Å². The van der Waals surface area contributed by atoms with Gasteiger partial charge in [-0.05, 0) is 61.4 Å². The van der Waals surface area contributed by atoms with E-state index in [-0.39, 0.29) is 24.5 Å². The molecule has 0 bridgehead atoms. The van der Waals surface area contributed by atoms with Gasteiger partial charge in [-0.1, -0.05) is 46.3 Å². The Morgan fingerprint density at radius 3 is 2.53 bits per heavy atom. The van der Waals surface area contributed by atoms with Crippen LogP contribution in [0.2, 0.25) is 0 Å². The third kappa shape index (κ3) is 8.35. The van der Waals surface area contributed by atoms with Crippen molar-refractivity contribution in [2.24, 2.45) is 5.10 Å². The van der Waals surface area contributed by atoms with E-state index < -0.39 is 23.9 Å². The maximum absolute atomic E-state index is 12.6. The highest BCUT2D eigenvalue weighted by Crippen LogP contribution is 2.34. The first-order valence-electron chi connectivity index (χ1n) is 13.3. The molecular weight excluding hydrogens is 620 g/mol. The third-order valence-electron chi connectivity index (χ3n) is 6.26. The van der Waals surface area contributed by atoms with Gasteiger partial charge < -0.3 is 29.6 Å². The van der Waals surface area contributed by atoms with Crippen LogP contribution in [0.1, 0.15) is 36.6 Å². The van der Waals surface area contributed by atoms with Crippen LogP contribution in [0.3, 0.4) is 0 Å². The summed E-state index contributed by atoms with van der Waals surface area (Å²) in [7, 11) is 1.45. The number of ether oxygens (including phenoxy) is 4. The van der Waals surface area contributed by atoms with Crippen molar-refractivity contribution in [2.75, 3.05) is 20.3 Å². The lowest BCUT2D eigenvalue weighted by Crippen LogP contribution is -2.45. The number of benzene rings is 3. The first kappa shape index (κ1) is 31.1. The Balaban J connectivity index is 1.37. The summed E-state index contributed by atoms with van der Waals surface area (Å²) in [6.07, 6.45) is 1.49. The zero-order valence-corrected chi connectivity index (χ0v) is 25.4. The number of methoxy groups -OCH3 is 1. The van der Waals surface area contributed by atoms with Gasteiger partial charge in [0, 0.05) is 15.7 Å². The Morgan fingerprint density at radius 1 is 1.02 bits per heavy atom. The van der Waals surface area contributed by atoms with Crippen LogP contribution < -0.4 is 30.3 Å². The lowest BCUT2D eigenvalue weighted by Gasteiger charge is -2.28. The fourth-order valence-corrected chi connectivity index (χ4v) is 4.48. The zero-order chi connectivity index (χ0) is 30.8. The van der Waals surface area contributed by atoms with Gasteiger partial charge in [0.15, 0.2) is 18.1 Å². The van der Waals surface area contributed by atoms with Gasteiger partial charge in [0.25, 0.3) is 5.91 Å². The molecule has 1 heterocycles. The quantitative estimate of drug-likeness (QED) is 0.146. The van der Waals surface area contributed by atoms with Gasteiger partial charge in [0.1, 0.15) is 12.4 Å². The number of halogens is 1. The van der Waals surface area contributed by atoms with E-state index in [1.807, 2.05) is 48.5 Å². The molecule has 3 amide bonds. The van der Waals surface area contributed by atoms with E-state index in [4.69, 9.17) is 18.9 Å². The number of esters is 1. The zero-order valence-electron chi connectivity index (χ0n) is 23.8. The number of nitrogens with one attached hydrogen (secondary N) is 3. The molecule has 1 atom stereocenters. The number of carbonyl (C=O) groups excluding carboxylic acids is 3. The van der Waals surface area contributed by atoms with Gasteiger partial charge in [-0.2, -0.15) is 5.10 Å². The van der Waals surface area contributed by atoms with Crippen LogP contribution in [0.25, 0.3) is 0 Å². The monoisotopic (exact) mass is 650 g/mol. The third-order valence-corrected chi connectivity index (χ3v) is 6.79. The number of allylic oxidation sites excluding steroid dienone is 1. The summed E-state index contributed by atoms with van der Waals surface area (Å²) in [5.74, 6) is 0.165. The molecule has 1 aliphatic rings. The maximum Gasteiger partial charge on any atom is 0.338 e. The molecule has 0 radical (unpaired) electrons. The summed E-state index contributed by atoms with van der Waals surface area (Å²) in [5.41, 5.74) is 5.37. The summed E-state index contributed by atoms with van der Waals surface area (Å²) in [4.78, 5) is 37.2. The summed E-state index contributed by atoms with van der Waals surface area (Å²) in [5, 5.41) is 9.37. The number of rotatable bonds is 12. The smallest absolute Gasteiger partial charge is 0.338 e. The van der Waals surface area contributed by atoms with Crippen LogP contribution in [0.15, 0.2) is 87.6 Å². The van der Waals surface area contributed by atoms with Crippen LogP contribution in [-0.4, -0.2) is 44.4 Å². The molecule has 0 unspecified atom stereocenters. The second-order valence-corrected chi connectivity index (χ2v) is 10.2. The Bertz CT molecular complexity index is 1540. The average molecular weight is 652 g/mol.